The van der Waals surface area contributed by atoms with Crippen LogP contribution in [0.5, 0.6) is 0 Å². The van der Waals surface area contributed by atoms with Gasteiger partial charge < -0.3 is 9.32 Å². The highest BCUT2D eigenvalue weighted by Crippen LogP contribution is 2.24. The van der Waals surface area contributed by atoms with Crippen molar-refractivity contribution in [2.24, 2.45) is 0 Å². The maximum atomic E-state index is 12.6. The van der Waals surface area contributed by atoms with Crippen molar-refractivity contribution in [2.75, 3.05) is 11.9 Å². The second-order valence-electron chi connectivity index (χ2n) is 4.67. The molecule has 0 saturated carbocycles. The van der Waals surface area contributed by atoms with Gasteiger partial charge in [-0.05, 0) is 24.3 Å². The monoisotopic (exact) mass is 276 g/mol. The number of amides is 1. The van der Waals surface area contributed by atoms with Crippen molar-refractivity contribution < 1.29 is 9.21 Å². The molecular formula is C17H12N2O2. The highest BCUT2D eigenvalue weighted by atomic mass is 16.3. The lowest BCUT2D eigenvalue weighted by Crippen LogP contribution is -2.25. The van der Waals surface area contributed by atoms with Crippen LogP contribution in [-0.2, 0) is 0 Å². The van der Waals surface area contributed by atoms with Crippen molar-refractivity contribution >= 4 is 22.6 Å². The lowest BCUT2D eigenvalue weighted by Gasteiger charge is -2.16. The number of nitrogens with zero attached hydrogens (tertiary/aromatic N) is 2. The third-order valence-electron chi connectivity index (χ3n) is 3.38. The van der Waals surface area contributed by atoms with Crippen LogP contribution in [0.15, 0.2) is 59.2 Å². The zero-order chi connectivity index (χ0) is 14.8. The standard InChI is InChI=1S/C17H12N2O2/c1-19(13-6-4-5-12(9-13)10-18)17(20)15-11-21-16-8-3-2-7-14(15)16/h2-9,11H,1H3. The Bertz CT molecular complexity index is 858. The number of benzene rings is 2. The predicted molar refractivity (Wildman–Crippen MR) is 80.1 cm³/mol. The Morgan fingerprint density at radius 1 is 1.19 bits per heavy atom. The Balaban J connectivity index is 1.99. The number of rotatable bonds is 2. The molecule has 0 aliphatic rings. The summed E-state index contributed by atoms with van der Waals surface area (Å²) in [6, 6.07) is 16.4. The van der Waals surface area contributed by atoms with Gasteiger partial charge in [0.1, 0.15) is 11.8 Å². The van der Waals surface area contributed by atoms with Gasteiger partial charge in [-0.25, -0.2) is 0 Å². The van der Waals surface area contributed by atoms with Crippen LogP contribution in [-0.4, -0.2) is 13.0 Å². The minimum Gasteiger partial charge on any atom is -0.463 e. The lowest BCUT2D eigenvalue weighted by molar-refractivity contribution is 0.0994. The topological polar surface area (TPSA) is 57.2 Å². The maximum Gasteiger partial charge on any atom is 0.261 e. The van der Waals surface area contributed by atoms with Gasteiger partial charge in [-0.2, -0.15) is 5.26 Å². The summed E-state index contributed by atoms with van der Waals surface area (Å²) in [5, 5.41) is 9.72. The van der Waals surface area contributed by atoms with E-state index in [1.54, 1.807) is 31.3 Å². The van der Waals surface area contributed by atoms with E-state index in [4.69, 9.17) is 9.68 Å². The minimum atomic E-state index is -0.171. The first-order valence-corrected chi connectivity index (χ1v) is 6.45. The fraction of sp³-hybridized carbons (Fsp3) is 0.0588. The molecule has 4 nitrogen and oxygen atoms in total. The normalized spacial score (nSPS) is 10.3. The summed E-state index contributed by atoms with van der Waals surface area (Å²) < 4.78 is 5.40. The number of hydrogen-bond acceptors (Lipinski definition) is 3. The highest BCUT2D eigenvalue weighted by molar-refractivity contribution is 6.13. The molecule has 2 aromatic carbocycles. The molecule has 1 aromatic heterocycles. The van der Waals surface area contributed by atoms with Crippen LogP contribution in [0.1, 0.15) is 15.9 Å². The summed E-state index contributed by atoms with van der Waals surface area (Å²) in [6.45, 7) is 0. The van der Waals surface area contributed by atoms with Gasteiger partial charge in [-0.1, -0.05) is 24.3 Å². The molecule has 0 bridgehead atoms. The Labute approximate surface area is 121 Å². The van der Waals surface area contributed by atoms with E-state index < -0.39 is 0 Å². The number of furan rings is 1. The summed E-state index contributed by atoms with van der Waals surface area (Å²) in [4.78, 5) is 14.1. The molecule has 0 radical (unpaired) electrons. The van der Waals surface area contributed by atoms with Crippen molar-refractivity contribution in [2.45, 2.75) is 0 Å². The van der Waals surface area contributed by atoms with Gasteiger partial charge >= 0.3 is 0 Å². The van der Waals surface area contributed by atoms with Gasteiger partial charge in [-0.15, -0.1) is 0 Å². The average Bonchev–Trinajstić information content (AvgIpc) is 2.97. The molecule has 3 rings (SSSR count). The van der Waals surface area contributed by atoms with Crippen molar-refractivity contribution in [1.82, 2.24) is 0 Å². The molecule has 1 amide bonds. The fourth-order valence-corrected chi connectivity index (χ4v) is 2.23. The Kier molecular flexibility index (Phi) is 3.17. The molecule has 1 heterocycles. The zero-order valence-corrected chi connectivity index (χ0v) is 11.4. The minimum absolute atomic E-state index is 0.171. The molecule has 4 heteroatoms. The first-order chi connectivity index (χ1) is 10.2. The molecule has 0 atom stereocenters. The van der Waals surface area contributed by atoms with E-state index in [1.165, 1.54) is 11.2 Å². The fourth-order valence-electron chi connectivity index (χ4n) is 2.23. The maximum absolute atomic E-state index is 12.6. The SMILES string of the molecule is CN(C(=O)c1coc2ccccc12)c1cccc(C#N)c1. The van der Waals surface area contributed by atoms with E-state index in [2.05, 4.69) is 6.07 Å². The Morgan fingerprint density at radius 2 is 2.00 bits per heavy atom. The zero-order valence-electron chi connectivity index (χ0n) is 11.4. The molecule has 0 aliphatic heterocycles. The summed E-state index contributed by atoms with van der Waals surface area (Å²) in [7, 11) is 1.68. The van der Waals surface area contributed by atoms with Crippen LogP contribution in [0.4, 0.5) is 5.69 Å². The van der Waals surface area contributed by atoms with Crippen LogP contribution in [0, 0.1) is 11.3 Å². The van der Waals surface area contributed by atoms with Crippen LogP contribution in [0.3, 0.4) is 0 Å². The average molecular weight is 276 g/mol. The van der Waals surface area contributed by atoms with Gasteiger partial charge in [0.25, 0.3) is 5.91 Å². The van der Waals surface area contributed by atoms with Gasteiger partial charge in [-0.3, -0.25) is 4.79 Å². The Hall–Kier alpha value is -3.06. The van der Waals surface area contributed by atoms with Crippen LogP contribution in [0.2, 0.25) is 0 Å². The first-order valence-electron chi connectivity index (χ1n) is 6.45. The van der Waals surface area contributed by atoms with E-state index in [0.29, 0.717) is 22.4 Å². The molecule has 0 aliphatic carbocycles. The molecule has 21 heavy (non-hydrogen) atoms. The second kappa shape index (κ2) is 5.14. The molecule has 3 aromatic rings. The first kappa shape index (κ1) is 12.9. The lowest BCUT2D eigenvalue weighted by atomic mass is 10.1. The molecule has 0 N–H and O–H groups in total. The van der Waals surface area contributed by atoms with E-state index in [9.17, 15) is 4.79 Å². The highest BCUT2D eigenvalue weighted by Gasteiger charge is 2.18. The molecule has 0 spiro atoms. The summed E-state index contributed by atoms with van der Waals surface area (Å²) >= 11 is 0. The van der Waals surface area contributed by atoms with E-state index in [1.807, 2.05) is 24.3 Å². The molecule has 0 unspecified atom stereocenters. The van der Waals surface area contributed by atoms with Crippen molar-refractivity contribution in [3.05, 3.63) is 65.9 Å². The summed E-state index contributed by atoms with van der Waals surface area (Å²) in [5.41, 5.74) is 2.38. The van der Waals surface area contributed by atoms with Gasteiger partial charge in [0.15, 0.2) is 0 Å². The third kappa shape index (κ3) is 2.26. The number of carbonyl (C=O) groups excluding carboxylic acids is 1. The Morgan fingerprint density at radius 3 is 2.81 bits per heavy atom. The number of nitriles is 1. The van der Waals surface area contributed by atoms with Crippen LogP contribution < -0.4 is 4.90 Å². The number of fused-ring (bicyclic) bond motifs is 1. The number of anilines is 1. The van der Waals surface area contributed by atoms with Gasteiger partial charge in [0.2, 0.25) is 0 Å². The van der Waals surface area contributed by atoms with E-state index >= 15 is 0 Å². The van der Waals surface area contributed by atoms with Gasteiger partial charge in [0, 0.05) is 18.1 Å². The van der Waals surface area contributed by atoms with Crippen molar-refractivity contribution in [3.8, 4) is 6.07 Å². The second-order valence-corrected chi connectivity index (χ2v) is 4.67. The smallest absolute Gasteiger partial charge is 0.261 e. The van der Waals surface area contributed by atoms with Crippen LogP contribution in [0.25, 0.3) is 11.0 Å². The summed E-state index contributed by atoms with van der Waals surface area (Å²) in [5.74, 6) is -0.171. The predicted octanol–water partition coefficient (Wildman–Crippen LogP) is 3.58. The quantitative estimate of drug-likeness (QED) is 0.718. The van der Waals surface area contributed by atoms with E-state index in [0.717, 1.165) is 5.39 Å². The third-order valence-corrected chi connectivity index (χ3v) is 3.38. The number of carbonyl (C=O) groups is 1. The van der Waals surface area contributed by atoms with Crippen LogP contribution >= 0.6 is 0 Å². The van der Waals surface area contributed by atoms with E-state index in [-0.39, 0.29) is 5.91 Å². The number of para-hydroxylation sites is 1. The molecule has 102 valence electrons. The summed E-state index contributed by atoms with van der Waals surface area (Å²) in [6.07, 6.45) is 1.47. The molecular weight excluding hydrogens is 264 g/mol. The van der Waals surface area contributed by atoms with Gasteiger partial charge in [0.05, 0.1) is 17.2 Å². The van der Waals surface area contributed by atoms with Crippen molar-refractivity contribution in [3.63, 3.8) is 0 Å². The van der Waals surface area contributed by atoms with Crippen molar-refractivity contribution in [1.29, 1.82) is 5.26 Å². The molecule has 0 fully saturated rings. The molecule has 0 saturated heterocycles. The largest absolute Gasteiger partial charge is 0.463 e. The number of hydrogen-bond donors (Lipinski definition) is 0.